The topological polar surface area (TPSA) is 55.4 Å². The minimum absolute atomic E-state index is 0.0457. The van der Waals surface area contributed by atoms with Crippen LogP contribution in [0.3, 0.4) is 0 Å². The first-order valence-corrected chi connectivity index (χ1v) is 8.89. The lowest BCUT2D eigenvalue weighted by Crippen LogP contribution is -2.13. The molecule has 2 rings (SSSR count). The van der Waals surface area contributed by atoms with Crippen LogP contribution in [0.25, 0.3) is 0 Å². The van der Waals surface area contributed by atoms with Crippen molar-refractivity contribution in [1.82, 2.24) is 0 Å². The summed E-state index contributed by atoms with van der Waals surface area (Å²) in [6.07, 6.45) is 1.90. The van der Waals surface area contributed by atoms with E-state index in [2.05, 4.69) is 21.2 Å². The molecule has 0 aliphatic carbocycles. The van der Waals surface area contributed by atoms with Gasteiger partial charge in [0.15, 0.2) is 12.4 Å². The molecule has 0 aliphatic heterocycles. The maximum Gasteiger partial charge on any atom is 0.221 e. The van der Waals surface area contributed by atoms with Crippen molar-refractivity contribution in [3.05, 3.63) is 52.5 Å². The third kappa shape index (κ3) is 4.84. The number of anilines is 1. The second kappa shape index (κ2) is 8.17. The molecule has 2 aromatic carbocycles. The molecule has 0 radical (unpaired) electrons. The SMILES string of the molecule is CSc1cc(C(=O)COc2ccccc2Br)ccc1NC(C)=O. The number of Topliss-reactive ketones (excluding diaryl/α,β-unsaturated/α-hetero) is 1. The van der Waals surface area contributed by atoms with E-state index in [9.17, 15) is 9.59 Å². The molecule has 120 valence electrons. The van der Waals surface area contributed by atoms with Crippen molar-refractivity contribution in [2.24, 2.45) is 0 Å². The maximum atomic E-state index is 12.3. The summed E-state index contributed by atoms with van der Waals surface area (Å²) >= 11 is 4.85. The molecule has 0 fully saturated rings. The molecular weight excluding hydrogens is 378 g/mol. The number of rotatable bonds is 6. The average Bonchev–Trinajstić information content (AvgIpc) is 2.53. The van der Waals surface area contributed by atoms with Gasteiger partial charge in [-0.1, -0.05) is 12.1 Å². The molecule has 6 heteroatoms. The Morgan fingerprint density at radius 1 is 1.22 bits per heavy atom. The number of hydrogen-bond donors (Lipinski definition) is 1. The first-order chi connectivity index (χ1) is 11.0. The Morgan fingerprint density at radius 2 is 1.96 bits per heavy atom. The zero-order chi connectivity index (χ0) is 16.8. The minimum atomic E-state index is -0.142. The summed E-state index contributed by atoms with van der Waals surface area (Å²) in [5, 5.41) is 2.75. The van der Waals surface area contributed by atoms with E-state index in [-0.39, 0.29) is 18.3 Å². The van der Waals surface area contributed by atoms with Gasteiger partial charge in [-0.2, -0.15) is 0 Å². The molecule has 0 aliphatic rings. The van der Waals surface area contributed by atoms with Crippen LogP contribution in [0.2, 0.25) is 0 Å². The Kier molecular flexibility index (Phi) is 6.24. The van der Waals surface area contributed by atoms with Gasteiger partial charge in [0.25, 0.3) is 0 Å². The van der Waals surface area contributed by atoms with Crippen LogP contribution >= 0.6 is 27.7 Å². The molecule has 1 N–H and O–H groups in total. The van der Waals surface area contributed by atoms with Gasteiger partial charge in [-0.3, -0.25) is 9.59 Å². The van der Waals surface area contributed by atoms with Crippen LogP contribution in [0.4, 0.5) is 5.69 Å². The Balaban J connectivity index is 2.10. The lowest BCUT2D eigenvalue weighted by molar-refractivity contribution is -0.114. The predicted molar refractivity (Wildman–Crippen MR) is 96.5 cm³/mol. The number of thioether (sulfide) groups is 1. The lowest BCUT2D eigenvalue weighted by atomic mass is 10.1. The van der Waals surface area contributed by atoms with Crippen molar-refractivity contribution in [2.45, 2.75) is 11.8 Å². The molecule has 0 bridgehead atoms. The molecule has 4 nitrogen and oxygen atoms in total. The molecule has 2 aromatic rings. The predicted octanol–water partition coefficient (Wildman–Crippen LogP) is 4.39. The Hall–Kier alpha value is -1.79. The number of ether oxygens (including phenoxy) is 1. The minimum Gasteiger partial charge on any atom is -0.484 e. The standard InChI is InChI=1S/C17H16BrNO3S/c1-11(20)19-14-8-7-12(9-17(14)23-2)15(21)10-22-16-6-4-3-5-13(16)18/h3-9H,10H2,1-2H3,(H,19,20). The Morgan fingerprint density at radius 3 is 2.61 bits per heavy atom. The third-order valence-electron chi connectivity index (χ3n) is 3.03. The van der Waals surface area contributed by atoms with Gasteiger partial charge in [-0.15, -0.1) is 11.8 Å². The van der Waals surface area contributed by atoms with Crippen molar-refractivity contribution >= 4 is 45.1 Å². The molecule has 0 spiro atoms. The van der Waals surface area contributed by atoms with Crippen LogP contribution in [0.5, 0.6) is 5.75 Å². The van der Waals surface area contributed by atoms with Crippen molar-refractivity contribution in [3.8, 4) is 5.75 Å². The summed E-state index contributed by atoms with van der Waals surface area (Å²) in [5.41, 5.74) is 1.25. The molecule has 0 saturated carbocycles. The van der Waals surface area contributed by atoms with Gasteiger partial charge in [-0.05, 0) is 52.5 Å². The van der Waals surface area contributed by atoms with Crippen molar-refractivity contribution < 1.29 is 14.3 Å². The first-order valence-electron chi connectivity index (χ1n) is 6.87. The van der Waals surface area contributed by atoms with Crippen LogP contribution in [-0.2, 0) is 4.79 Å². The molecule has 0 saturated heterocycles. The fraction of sp³-hybridized carbons (Fsp3) is 0.176. The van der Waals surface area contributed by atoms with Gasteiger partial charge < -0.3 is 10.1 Å². The number of nitrogens with one attached hydrogen (secondary N) is 1. The number of hydrogen-bond acceptors (Lipinski definition) is 4. The first kappa shape index (κ1) is 17.6. The van der Waals surface area contributed by atoms with Gasteiger partial charge in [-0.25, -0.2) is 0 Å². The van der Waals surface area contributed by atoms with E-state index in [1.165, 1.54) is 18.7 Å². The van der Waals surface area contributed by atoms with Crippen molar-refractivity contribution in [2.75, 3.05) is 18.2 Å². The highest BCUT2D eigenvalue weighted by Gasteiger charge is 2.12. The summed E-state index contributed by atoms with van der Waals surface area (Å²) < 4.78 is 6.35. The lowest BCUT2D eigenvalue weighted by Gasteiger charge is -2.11. The summed E-state index contributed by atoms with van der Waals surface area (Å²) in [6.45, 7) is 1.41. The summed E-state index contributed by atoms with van der Waals surface area (Å²) in [4.78, 5) is 24.3. The number of para-hydroxylation sites is 1. The number of carbonyl (C=O) groups is 2. The van der Waals surface area contributed by atoms with E-state index >= 15 is 0 Å². The normalized spacial score (nSPS) is 10.2. The molecule has 0 aromatic heterocycles. The van der Waals surface area contributed by atoms with E-state index in [0.29, 0.717) is 17.0 Å². The highest BCUT2D eigenvalue weighted by atomic mass is 79.9. The monoisotopic (exact) mass is 393 g/mol. The van der Waals surface area contributed by atoms with E-state index in [0.717, 1.165) is 9.37 Å². The van der Waals surface area contributed by atoms with E-state index in [1.807, 2.05) is 24.5 Å². The van der Waals surface area contributed by atoms with Crippen molar-refractivity contribution in [3.63, 3.8) is 0 Å². The molecule has 0 unspecified atom stereocenters. The summed E-state index contributed by atoms with van der Waals surface area (Å²) in [6, 6.07) is 12.6. The van der Waals surface area contributed by atoms with E-state index in [4.69, 9.17) is 4.74 Å². The van der Waals surface area contributed by atoms with E-state index in [1.54, 1.807) is 24.3 Å². The quantitative estimate of drug-likeness (QED) is 0.583. The fourth-order valence-corrected chi connectivity index (χ4v) is 2.93. The Labute approximate surface area is 147 Å². The number of amides is 1. The number of benzene rings is 2. The van der Waals surface area contributed by atoms with Crippen LogP contribution in [0.15, 0.2) is 51.8 Å². The highest BCUT2D eigenvalue weighted by Crippen LogP contribution is 2.27. The van der Waals surface area contributed by atoms with E-state index < -0.39 is 0 Å². The fourth-order valence-electron chi connectivity index (χ4n) is 1.95. The van der Waals surface area contributed by atoms with Gasteiger partial charge in [0, 0.05) is 17.4 Å². The van der Waals surface area contributed by atoms with Crippen molar-refractivity contribution in [1.29, 1.82) is 0 Å². The largest absolute Gasteiger partial charge is 0.484 e. The molecule has 0 atom stereocenters. The smallest absolute Gasteiger partial charge is 0.221 e. The Bertz CT molecular complexity index is 734. The second-order valence-electron chi connectivity index (χ2n) is 4.74. The molecule has 23 heavy (non-hydrogen) atoms. The van der Waals surface area contributed by atoms with Crippen LogP contribution in [-0.4, -0.2) is 24.6 Å². The maximum absolute atomic E-state index is 12.3. The van der Waals surface area contributed by atoms with Crippen LogP contribution < -0.4 is 10.1 Å². The number of ketones is 1. The van der Waals surface area contributed by atoms with Gasteiger partial charge >= 0.3 is 0 Å². The highest BCUT2D eigenvalue weighted by molar-refractivity contribution is 9.10. The third-order valence-corrected chi connectivity index (χ3v) is 4.46. The number of carbonyl (C=O) groups excluding carboxylic acids is 2. The zero-order valence-electron chi connectivity index (χ0n) is 12.8. The molecule has 1 amide bonds. The second-order valence-corrected chi connectivity index (χ2v) is 6.44. The number of halogens is 1. The molecule has 0 heterocycles. The summed E-state index contributed by atoms with van der Waals surface area (Å²) in [7, 11) is 0. The van der Waals surface area contributed by atoms with Gasteiger partial charge in [0.2, 0.25) is 5.91 Å². The van der Waals surface area contributed by atoms with Crippen LogP contribution in [0.1, 0.15) is 17.3 Å². The van der Waals surface area contributed by atoms with Crippen LogP contribution in [0, 0.1) is 0 Å². The zero-order valence-corrected chi connectivity index (χ0v) is 15.2. The van der Waals surface area contributed by atoms with Gasteiger partial charge in [0.05, 0.1) is 10.2 Å². The average molecular weight is 394 g/mol. The summed E-state index contributed by atoms with van der Waals surface area (Å²) in [5.74, 6) is 0.364. The molecular formula is C17H16BrNO3S. The van der Waals surface area contributed by atoms with Gasteiger partial charge in [0.1, 0.15) is 5.75 Å².